The Hall–Kier alpha value is -2.74. The molecule has 1 fully saturated rings. The number of nitrogens with one attached hydrogen (secondary N) is 2. The summed E-state index contributed by atoms with van der Waals surface area (Å²) in [6, 6.07) is 8.15. The molecular formula is C20H23FN4O3. The molecule has 2 aromatic rings. The van der Waals surface area contributed by atoms with Crippen molar-refractivity contribution in [3.8, 4) is 0 Å². The van der Waals surface area contributed by atoms with Crippen molar-refractivity contribution in [2.45, 2.75) is 43.7 Å². The number of β-amino-alcohol motifs (C(OH)–C–C–N with tert-alkyl or cyclic N) is 1. The molecule has 1 aromatic heterocycles. The van der Waals surface area contributed by atoms with Gasteiger partial charge in [0, 0.05) is 24.6 Å². The Kier molecular flexibility index (Phi) is 4.89. The Balaban J connectivity index is 1.53. The summed E-state index contributed by atoms with van der Waals surface area (Å²) in [4.78, 5) is 24.7. The Labute approximate surface area is 161 Å². The summed E-state index contributed by atoms with van der Waals surface area (Å²) in [6.45, 7) is 0.596. The average Bonchev–Trinajstić information content (AvgIpc) is 3.30. The van der Waals surface area contributed by atoms with Crippen LogP contribution in [0.3, 0.4) is 0 Å². The van der Waals surface area contributed by atoms with Crippen molar-refractivity contribution in [1.29, 1.82) is 0 Å². The lowest BCUT2D eigenvalue weighted by atomic mass is 9.78. The molecule has 8 heteroatoms. The smallest absolute Gasteiger partial charge is 0.271 e. The quantitative estimate of drug-likeness (QED) is 0.739. The largest absolute Gasteiger partial charge is 0.389 e. The van der Waals surface area contributed by atoms with E-state index >= 15 is 0 Å². The minimum absolute atomic E-state index is 0.112. The minimum atomic E-state index is -0.760. The number of halogens is 1. The van der Waals surface area contributed by atoms with Crippen molar-refractivity contribution in [3.63, 3.8) is 0 Å². The van der Waals surface area contributed by atoms with Crippen LogP contribution in [0, 0.1) is 5.82 Å². The molecule has 0 spiro atoms. The van der Waals surface area contributed by atoms with Crippen LogP contribution in [0.15, 0.2) is 30.3 Å². The van der Waals surface area contributed by atoms with E-state index in [0.717, 1.165) is 25.7 Å². The molecule has 2 amide bonds. The molecule has 0 bridgehead atoms. The molecular weight excluding hydrogens is 363 g/mol. The first-order valence-electron chi connectivity index (χ1n) is 9.56. The number of rotatable bonds is 4. The lowest BCUT2D eigenvalue weighted by Crippen LogP contribution is -2.39. The SMILES string of the molecule is O=C(NCC1(c2ccccc2F)CCCC1)c1cc2n(n1)C[C@@H](O)CNC2=O. The zero-order valence-corrected chi connectivity index (χ0v) is 15.4. The van der Waals surface area contributed by atoms with Gasteiger partial charge >= 0.3 is 0 Å². The number of aromatic nitrogens is 2. The Bertz CT molecular complexity index is 905. The summed E-state index contributed by atoms with van der Waals surface area (Å²) in [6.07, 6.45) is 2.83. The van der Waals surface area contributed by atoms with Crippen molar-refractivity contribution in [2.24, 2.45) is 0 Å². The number of hydrogen-bond donors (Lipinski definition) is 3. The van der Waals surface area contributed by atoms with E-state index in [1.54, 1.807) is 12.1 Å². The summed E-state index contributed by atoms with van der Waals surface area (Å²) < 4.78 is 15.8. The van der Waals surface area contributed by atoms with Gasteiger partial charge in [-0.25, -0.2) is 4.39 Å². The predicted octanol–water partition coefficient (Wildman–Crippen LogP) is 1.37. The molecule has 4 rings (SSSR count). The average molecular weight is 386 g/mol. The highest BCUT2D eigenvalue weighted by Gasteiger charge is 2.38. The standard InChI is InChI=1S/C20H23FN4O3/c21-15-6-2-1-5-14(15)20(7-3-4-8-20)12-23-18(27)16-9-17-19(28)22-10-13(26)11-25(17)24-16/h1-2,5-6,9,13,26H,3-4,7-8,10-12H2,(H,22,28)(H,23,27)/t13-/m0/s1. The minimum Gasteiger partial charge on any atom is -0.389 e. The topological polar surface area (TPSA) is 96.2 Å². The van der Waals surface area contributed by atoms with Gasteiger partial charge in [0.1, 0.15) is 11.5 Å². The highest BCUT2D eigenvalue weighted by molar-refractivity contribution is 5.98. The normalized spacial score (nSPS) is 20.9. The lowest BCUT2D eigenvalue weighted by molar-refractivity contribution is 0.0931. The van der Waals surface area contributed by atoms with E-state index in [9.17, 15) is 19.1 Å². The molecule has 1 saturated carbocycles. The maximum atomic E-state index is 14.4. The van der Waals surface area contributed by atoms with Gasteiger partial charge in [0.25, 0.3) is 11.8 Å². The van der Waals surface area contributed by atoms with Crippen LogP contribution >= 0.6 is 0 Å². The van der Waals surface area contributed by atoms with Gasteiger partial charge in [-0.15, -0.1) is 0 Å². The van der Waals surface area contributed by atoms with Gasteiger partial charge in [-0.05, 0) is 24.5 Å². The highest BCUT2D eigenvalue weighted by atomic mass is 19.1. The van der Waals surface area contributed by atoms with E-state index in [-0.39, 0.29) is 36.2 Å². The van der Waals surface area contributed by atoms with Gasteiger partial charge in [0.15, 0.2) is 5.69 Å². The van der Waals surface area contributed by atoms with Crippen molar-refractivity contribution < 1.29 is 19.1 Å². The Morgan fingerprint density at radius 1 is 1.36 bits per heavy atom. The van der Waals surface area contributed by atoms with Gasteiger partial charge in [-0.1, -0.05) is 31.0 Å². The second-order valence-electron chi connectivity index (χ2n) is 7.61. The number of benzene rings is 1. The summed E-state index contributed by atoms with van der Waals surface area (Å²) in [5, 5.41) is 19.5. The first-order chi connectivity index (χ1) is 13.5. The molecule has 0 unspecified atom stereocenters. The second-order valence-corrected chi connectivity index (χ2v) is 7.61. The van der Waals surface area contributed by atoms with Crippen molar-refractivity contribution in [3.05, 3.63) is 53.1 Å². The van der Waals surface area contributed by atoms with E-state index in [1.807, 2.05) is 6.07 Å². The van der Waals surface area contributed by atoms with Crippen LogP contribution in [0.25, 0.3) is 0 Å². The van der Waals surface area contributed by atoms with Crippen LogP contribution in [-0.4, -0.2) is 45.9 Å². The van der Waals surface area contributed by atoms with Crippen molar-refractivity contribution >= 4 is 11.8 Å². The number of fused-ring (bicyclic) bond motifs is 1. The number of carbonyl (C=O) groups is 2. The van der Waals surface area contributed by atoms with Crippen LogP contribution < -0.4 is 10.6 Å². The molecule has 1 aliphatic heterocycles. The molecule has 2 aliphatic rings. The number of amides is 2. The zero-order valence-electron chi connectivity index (χ0n) is 15.4. The molecule has 148 valence electrons. The van der Waals surface area contributed by atoms with Gasteiger partial charge in [-0.3, -0.25) is 14.3 Å². The van der Waals surface area contributed by atoms with Crippen molar-refractivity contribution in [1.82, 2.24) is 20.4 Å². The molecule has 0 radical (unpaired) electrons. The number of nitrogens with zero attached hydrogens (tertiary/aromatic N) is 2. The number of aliphatic hydroxyl groups excluding tert-OH is 1. The zero-order chi connectivity index (χ0) is 19.7. The van der Waals surface area contributed by atoms with E-state index in [4.69, 9.17) is 0 Å². The van der Waals surface area contributed by atoms with E-state index < -0.39 is 17.4 Å². The summed E-state index contributed by atoms with van der Waals surface area (Å²) in [7, 11) is 0. The third kappa shape index (κ3) is 3.40. The second kappa shape index (κ2) is 7.35. The molecule has 1 aliphatic carbocycles. The monoisotopic (exact) mass is 386 g/mol. The summed E-state index contributed by atoms with van der Waals surface area (Å²) in [5.41, 5.74) is 0.564. The first-order valence-corrected chi connectivity index (χ1v) is 9.56. The van der Waals surface area contributed by atoms with E-state index in [1.165, 1.54) is 16.8 Å². The number of aliphatic hydroxyl groups is 1. The fourth-order valence-corrected chi connectivity index (χ4v) is 4.24. The maximum Gasteiger partial charge on any atom is 0.271 e. The van der Waals surface area contributed by atoms with Gasteiger partial charge in [0.2, 0.25) is 0 Å². The third-order valence-corrected chi connectivity index (χ3v) is 5.72. The number of carbonyl (C=O) groups excluding carboxylic acids is 2. The fraction of sp³-hybridized carbons (Fsp3) is 0.450. The van der Waals surface area contributed by atoms with Crippen LogP contribution in [0.2, 0.25) is 0 Å². The Morgan fingerprint density at radius 2 is 2.11 bits per heavy atom. The van der Waals surface area contributed by atoms with E-state index in [0.29, 0.717) is 12.1 Å². The molecule has 1 atom stereocenters. The first kappa shape index (κ1) is 18.6. The van der Waals surface area contributed by atoms with Crippen LogP contribution in [0.5, 0.6) is 0 Å². The van der Waals surface area contributed by atoms with Gasteiger partial charge < -0.3 is 15.7 Å². The van der Waals surface area contributed by atoms with E-state index in [2.05, 4.69) is 15.7 Å². The van der Waals surface area contributed by atoms with Crippen LogP contribution in [0.4, 0.5) is 4.39 Å². The van der Waals surface area contributed by atoms with Crippen LogP contribution in [-0.2, 0) is 12.0 Å². The van der Waals surface area contributed by atoms with Crippen molar-refractivity contribution in [2.75, 3.05) is 13.1 Å². The molecule has 3 N–H and O–H groups in total. The molecule has 28 heavy (non-hydrogen) atoms. The maximum absolute atomic E-state index is 14.4. The molecule has 0 saturated heterocycles. The van der Waals surface area contributed by atoms with Gasteiger partial charge in [0.05, 0.1) is 12.6 Å². The summed E-state index contributed by atoms with van der Waals surface area (Å²) >= 11 is 0. The third-order valence-electron chi connectivity index (χ3n) is 5.72. The predicted molar refractivity (Wildman–Crippen MR) is 99.4 cm³/mol. The fourth-order valence-electron chi connectivity index (χ4n) is 4.24. The lowest BCUT2D eigenvalue weighted by Gasteiger charge is -2.30. The van der Waals surface area contributed by atoms with Crippen LogP contribution in [0.1, 0.15) is 52.2 Å². The van der Waals surface area contributed by atoms with Gasteiger partial charge in [-0.2, -0.15) is 5.10 Å². The highest BCUT2D eigenvalue weighted by Crippen LogP contribution is 2.41. The number of hydrogen-bond acceptors (Lipinski definition) is 4. The summed E-state index contributed by atoms with van der Waals surface area (Å²) in [5.74, 6) is -1.04. The Morgan fingerprint density at radius 3 is 2.86 bits per heavy atom. The molecule has 7 nitrogen and oxygen atoms in total. The molecule has 2 heterocycles. The molecule has 1 aromatic carbocycles.